The highest BCUT2D eigenvalue weighted by atomic mass is 16.5. The fourth-order valence-corrected chi connectivity index (χ4v) is 8.40. The van der Waals surface area contributed by atoms with Gasteiger partial charge in [-0.2, -0.15) is 0 Å². The van der Waals surface area contributed by atoms with Crippen LogP contribution in [0.2, 0.25) is 0 Å². The summed E-state index contributed by atoms with van der Waals surface area (Å²) in [5.74, 6) is 3.70. The lowest BCUT2D eigenvalue weighted by molar-refractivity contribution is -0.159. The molecule has 0 aromatic heterocycles. The van der Waals surface area contributed by atoms with Gasteiger partial charge in [-0.3, -0.25) is 4.79 Å². The lowest BCUT2D eigenvalue weighted by atomic mass is 9.44. The van der Waals surface area contributed by atoms with Crippen molar-refractivity contribution in [2.45, 2.75) is 84.7 Å². The van der Waals surface area contributed by atoms with Crippen LogP contribution in [0.3, 0.4) is 0 Å². The van der Waals surface area contributed by atoms with Crippen molar-refractivity contribution in [3.8, 4) is 0 Å². The van der Waals surface area contributed by atoms with E-state index in [1.165, 1.54) is 45.6 Å². The third-order valence-corrected chi connectivity index (χ3v) is 10.1. The maximum atomic E-state index is 11.6. The van der Waals surface area contributed by atoms with Gasteiger partial charge in [0.1, 0.15) is 0 Å². The Bertz CT molecular complexity index is 627. The molecule has 3 nitrogen and oxygen atoms in total. The first-order valence-corrected chi connectivity index (χ1v) is 11.7. The van der Waals surface area contributed by atoms with Gasteiger partial charge in [0.15, 0.2) is 0 Å². The van der Waals surface area contributed by atoms with E-state index < -0.39 is 0 Å². The highest BCUT2D eigenvalue weighted by molar-refractivity contribution is 5.69. The molecule has 4 aliphatic carbocycles. The molecule has 0 aromatic carbocycles. The first kappa shape index (κ1) is 20.4. The Morgan fingerprint density at radius 2 is 2.00 bits per heavy atom. The number of carbonyl (C=O) groups is 1. The molecule has 0 aliphatic heterocycles. The highest BCUT2D eigenvalue weighted by Gasteiger charge is 2.63. The summed E-state index contributed by atoms with van der Waals surface area (Å²) in [5, 5.41) is 11.5. The molecule has 158 valence electrons. The van der Waals surface area contributed by atoms with Crippen molar-refractivity contribution < 1.29 is 14.6 Å². The minimum atomic E-state index is -0.201. The molecule has 0 saturated heterocycles. The smallest absolute Gasteiger partial charge is 0.305 e. The third-order valence-electron chi connectivity index (χ3n) is 10.1. The molecule has 28 heavy (non-hydrogen) atoms. The van der Waals surface area contributed by atoms with Gasteiger partial charge in [0.05, 0.1) is 13.2 Å². The number of hydrogen-bond acceptors (Lipinski definition) is 3. The molecule has 9 atom stereocenters. The molecule has 0 heterocycles. The van der Waals surface area contributed by atoms with E-state index in [9.17, 15) is 9.90 Å². The summed E-state index contributed by atoms with van der Waals surface area (Å²) in [6.45, 7) is 7.21. The molecular weight excluding hydrogens is 348 g/mol. The number of aliphatic hydroxyl groups excluding tert-OH is 1. The van der Waals surface area contributed by atoms with Gasteiger partial charge in [-0.25, -0.2) is 0 Å². The summed E-state index contributed by atoms with van der Waals surface area (Å²) >= 11 is 0. The Morgan fingerprint density at radius 1 is 1.21 bits per heavy atom. The largest absolute Gasteiger partial charge is 0.469 e. The summed E-state index contributed by atoms with van der Waals surface area (Å²) < 4.78 is 4.85. The first-order valence-electron chi connectivity index (χ1n) is 11.7. The van der Waals surface area contributed by atoms with Crippen molar-refractivity contribution in [1.29, 1.82) is 0 Å². The molecule has 0 aromatic rings. The molecule has 0 radical (unpaired) electrons. The minimum absolute atomic E-state index is 0.0183. The zero-order valence-corrected chi connectivity index (χ0v) is 18.3. The van der Waals surface area contributed by atoms with Crippen molar-refractivity contribution in [3.63, 3.8) is 0 Å². The summed E-state index contributed by atoms with van der Waals surface area (Å²) in [6, 6.07) is 0. The first-order chi connectivity index (χ1) is 13.3. The van der Waals surface area contributed by atoms with E-state index in [-0.39, 0.29) is 17.5 Å². The molecule has 1 N–H and O–H groups in total. The average molecular weight is 389 g/mol. The van der Waals surface area contributed by atoms with Crippen LogP contribution in [-0.4, -0.2) is 24.3 Å². The molecule has 3 saturated carbocycles. The van der Waals surface area contributed by atoms with Crippen molar-refractivity contribution in [1.82, 2.24) is 0 Å². The summed E-state index contributed by atoms with van der Waals surface area (Å²) in [7, 11) is 1.47. The second kappa shape index (κ2) is 7.45. The van der Waals surface area contributed by atoms with Gasteiger partial charge >= 0.3 is 5.97 Å². The Morgan fingerprint density at radius 3 is 2.75 bits per heavy atom. The topological polar surface area (TPSA) is 46.5 Å². The van der Waals surface area contributed by atoms with Crippen LogP contribution in [-0.2, 0) is 9.53 Å². The summed E-state index contributed by atoms with van der Waals surface area (Å²) in [6.07, 6.45) is 14.7. The van der Waals surface area contributed by atoms with Gasteiger partial charge in [0.25, 0.3) is 0 Å². The van der Waals surface area contributed by atoms with Gasteiger partial charge in [-0.1, -0.05) is 32.9 Å². The predicted molar refractivity (Wildman–Crippen MR) is 112 cm³/mol. The minimum Gasteiger partial charge on any atom is -0.469 e. The van der Waals surface area contributed by atoms with Gasteiger partial charge < -0.3 is 9.84 Å². The maximum absolute atomic E-state index is 11.6. The van der Waals surface area contributed by atoms with Gasteiger partial charge in [0, 0.05) is 6.42 Å². The van der Waals surface area contributed by atoms with E-state index in [1.807, 2.05) is 0 Å². The van der Waals surface area contributed by atoms with Crippen molar-refractivity contribution in [3.05, 3.63) is 12.2 Å². The fraction of sp³-hybridized carbons (Fsp3) is 0.880. The normalized spacial score (nSPS) is 48.3. The molecule has 0 bridgehead atoms. The molecule has 3 fully saturated rings. The van der Waals surface area contributed by atoms with Crippen LogP contribution < -0.4 is 0 Å². The van der Waals surface area contributed by atoms with E-state index in [1.54, 1.807) is 0 Å². The second-order valence-electron chi connectivity index (χ2n) is 10.9. The Labute approximate surface area is 171 Å². The number of methoxy groups -OCH3 is 1. The fourth-order valence-electron chi connectivity index (χ4n) is 8.40. The number of carbonyl (C=O) groups excluding carboxylic acids is 1. The molecule has 0 amide bonds. The standard InChI is InChI=1S/C25H40O3/c1-16(8-13-23(27)28-4)19-11-12-20-18-10-9-17-7-5-6-14-24(17,2)21(18)15-22(26)25(19,20)3/h5,7,16-22,26H,6,8-15H2,1-4H3/t16-,17-,18-,19+,20-,21-,22-,24+,25+/m1/s1. The molecule has 0 spiro atoms. The number of hydrogen-bond donors (Lipinski definition) is 1. The van der Waals surface area contributed by atoms with E-state index in [2.05, 4.69) is 32.9 Å². The number of aliphatic hydroxyl groups is 1. The van der Waals surface area contributed by atoms with E-state index >= 15 is 0 Å². The predicted octanol–water partition coefficient (Wildman–Crippen LogP) is 5.37. The lowest BCUT2D eigenvalue weighted by Crippen LogP contribution is -2.57. The van der Waals surface area contributed by atoms with Crippen molar-refractivity contribution in [2.24, 2.45) is 46.3 Å². The van der Waals surface area contributed by atoms with Crippen molar-refractivity contribution >= 4 is 5.97 Å². The highest BCUT2D eigenvalue weighted by Crippen LogP contribution is 2.67. The van der Waals surface area contributed by atoms with E-state index in [0.717, 1.165) is 24.7 Å². The number of rotatable bonds is 4. The quantitative estimate of drug-likeness (QED) is 0.520. The van der Waals surface area contributed by atoms with Crippen LogP contribution in [0.15, 0.2) is 12.2 Å². The Hall–Kier alpha value is -0.830. The van der Waals surface area contributed by atoms with Crippen LogP contribution in [0, 0.1) is 46.3 Å². The molecule has 4 aliphatic rings. The molecule has 4 rings (SSSR count). The average Bonchev–Trinajstić information content (AvgIpc) is 3.05. The molecule has 3 heteroatoms. The van der Waals surface area contributed by atoms with Crippen LogP contribution >= 0.6 is 0 Å². The molecular formula is C25H40O3. The second-order valence-corrected chi connectivity index (χ2v) is 10.9. The zero-order valence-electron chi connectivity index (χ0n) is 18.3. The van der Waals surface area contributed by atoms with Gasteiger partial charge in [-0.15, -0.1) is 0 Å². The van der Waals surface area contributed by atoms with Gasteiger partial charge in [0.2, 0.25) is 0 Å². The third kappa shape index (κ3) is 2.99. The SMILES string of the molecule is COC(=O)CC[C@@H](C)[C@@H]1CC[C@@H]2[C@H]3CC[C@H]4C=CCC[C@]4(C)[C@@H]3C[C@@H](O)[C@]21C. The van der Waals surface area contributed by atoms with E-state index in [0.29, 0.717) is 35.5 Å². The summed E-state index contributed by atoms with van der Waals surface area (Å²) in [4.78, 5) is 11.6. The van der Waals surface area contributed by atoms with Crippen LogP contribution in [0.5, 0.6) is 0 Å². The maximum Gasteiger partial charge on any atom is 0.305 e. The Kier molecular flexibility index (Phi) is 5.44. The monoisotopic (exact) mass is 388 g/mol. The number of esters is 1. The number of fused-ring (bicyclic) bond motifs is 5. The van der Waals surface area contributed by atoms with E-state index in [4.69, 9.17) is 4.74 Å². The Balaban J connectivity index is 1.55. The van der Waals surface area contributed by atoms with Crippen molar-refractivity contribution in [2.75, 3.05) is 7.11 Å². The van der Waals surface area contributed by atoms with Gasteiger partial charge in [-0.05, 0) is 97.7 Å². The number of ether oxygens (including phenoxy) is 1. The zero-order chi connectivity index (χ0) is 20.1. The lowest BCUT2D eigenvalue weighted by Gasteiger charge is -2.61. The van der Waals surface area contributed by atoms with Crippen LogP contribution in [0.4, 0.5) is 0 Å². The summed E-state index contributed by atoms with van der Waals surface area (Å²) in [5.41, 5.74) is 0.402. The number of allylic oxidation sites excluding steroid dienone is 2. The van der Waals surface area contributed by atoms with Crippen LogP contribution in [0.1, 0.15) is 78.6 Å². The van der Waals surface area contributed by atoms with Crippen LogP contribution in [0.25, 0.3) is 0 Å². The molecule has 0 unspecified atom stereocenters.